The van der Waals surface area contributed by atoms with E-state index in [-0.39, 0.29) is 35.6 Å². The maximum Gasteiger partial charge on any atom is 0.250 e. The molecule has 1 atom stereocenters. The second-order valence-corrected chi connectivity index (χ2v) is 6.43. The van der Waals surface area contributed by atoms with Crippen LogP contribution in [0.15, 0.2) is 58.4 Å². The molecule has 2 rings (SSSR count). The van der Waals surface area contributed by atoms with Crippen LogP contribution in [0.3, 0.4) is 0 Å². The Hall–Kier alpha value is -2.23. The Morgan fingerprint density at radius 1 is 1.14 bits per heavy atom. The van der Waals surface area contributed by atoms with Gasteiger partial charge in [-0.3, -0.25) is 9.79 Å². The van der Waals surface area contributed by atoms with Gasteiger partial charge >= 0.3 is 0 Å². The number of aryl methyl sites for hydroxylation is 1. The highest BCUT2D eigenvalue weighted by atomic mass is 127. The van der Waals surface area contributed by atoms with Crippen LogP contribution in [-0.2, 0) is 6.54 Å². The average molecular weight is 514 g/mol. The van der Waals surface area contributed by atoms with Crippen LogP contribution in [0.2, 0.25) is 0 Å². The van der Waals surface area contributed by atoms with E-state index in [0.717, 1.165) is 43.4 Å². The molecule has 29 heavy (non-hydrogen) atoms. The number of unbranched alkanes of at least 4 members (excludes halogenated alkanes) is 1. The number of hydrogen-bond donors (Lipinski definition) is 2. The highest BCUT2D eigenvalue weighted by Gasteiger charge is 2.06. The normalized spacial score (nSPS) is 11.9. The van der Waals surface area contributed by atoms with Crippen molar-refractivity contribution >= 4 is 29.9 Å². The topological polar surface area (TPSA) is 76.9 Å². The van der Waals surface area contributed by atoms with Gasteiger partial charge in [-0.15, -0.1) is 24.0 Å². The van der Waals surface area contributed by atoms with E-state index in [0.29, 0.717) is 6.54 Å². The van der Waals surface area contributed by atoms with Gasteiger partial charge in [0.2, 0.25) is 5.56 Å². The van der Waals surface area contributed by atoms with Gasteiger partial charge in [-0.25, -0.2) is 0 Å². The summed E-state index contributed by atoms with van der Waals surface area (Å²) in [5.74, 6) is 2.28. The lowest BCUT2D eigenvalue weighted by molar-refractivity contribution is 0.223. The van der Waals surface area contributed by atoms with Crippen molar-refractivity contribution in [3.63, 3.8) is 0 Å². The van der Waals surface area contributed by atoms with E-state index in [1.165, 1.54) is 0 Å². The third-order valence-corrected chi connectivity index (χ3v) is 4.18. The molecule has 1 aromatic heterocycles. The van der Waals surface area contributed by atoms with Gasteiger partial charge in [0.1, 0.15) is 17.6 Å². The molecular weight excluding hydrogens is 483 g/mol. The molecule has 7 nitrogen and oxygen atoms in total. The number of aliphatic imine (C=N–C) groups is 1. The van der Waals surface area contributed by atoms with E-state index in [1.54, 1.807) is 30.9 Å². The summed E-state index contributed by atoms with van der Waals surface area (Å²) in [5, 5.41) is 6.55. The Morgan fingerprint density at radius 3 is 2.66 bits per heavy atom. The first kappa shape index (κ1) is 24.8. The number of halogens is 1. The first-order chi connectivity index (χ1) is 13.6. The summed E-state index contributed by atoms with van der Waals surface area (Å²) >= 11 is 0. The molecule has 1 unspecified atom stereocenters. The first-order valence-corrected chi connectivity index (χ1v) is 9.53. The summed E-state index contributed by atoms with van der Waals surface area (Å²) in [6, 6.07) is 12.8. The SMILES string of the molecule is CN=C(NCCCCn1ccccc1=O)NCC(C)Oc1cccc(OC)c1.I. The van der Waals surface area contributed by atoms with E-state index in [9.17, 15) is 4.79 Å². The minimum absolute atomic E-state index is 0. The molecule has 8 heteroatoms. The predicted molar refractivity (Wildman–Crippen MR) is 128 cm³/mol. The summed E-state index contributed by atoms with van der Waals surface area (Å²) in [6.45, 7) is 4.12. The number of aromatic nitrogens is 1. The van der Waals surface area contributed by atoms with Crippen molar-refractivity contribution in [2.75, 3.05) is 27.2 Å². The molecule has 0 aliphatic heterocycles. The smallest absolute Gasteiger partial charge is 0.250 e. The number of hydrogen-bond acceptors (Lipinski definition) is 4. The predicted octanol–water partition coefficient (Wildman–Crippen LogP) is 2.89. The highest BCUT2D eigenvalue weighted by Crippen LogP contribution is 2.19. The van der Waals surface area contributed by atoms with Crippen LogP contribution in [0.4, 0.5) is 0 Å². The maximum atomic E-state index is 11.7. The summed E-state index contributed by atoms with van der Waals surface area (Å²) in [5.41, 5.74) is 0.0398. The summed E-state index contributed by atoms with van der Waals surface area (Å²) in [7, 11) is 3.38. The molecule has 160 valence electrons. The minimum Gasteiger partial charge on any atom is -0.497 e. The van der Waals surface area contributed by atoms with Gasteiger partial charge in [0, 0.05) is 38.5 Å². The van der Waals surface area contributed by atoms with Crippen LogP contribution in [0, 0.1) is 0 Å². The van der Waals surface area contributed by atoms with Crippen molar-refractivity contribution in [3.05, 3.63) is 59.0 Å². The highest BCUT2D eigenvalue weighted by molar-refractivity contribution is 14.0. The molecule has 1 heterocycles. The van der Waals surface area contributed by atoms with E-state index in [2.05, 4.69) is 15.6 Å². The second-order valence-electron chi connectivity index (χ2n) is 6.43. The fourth-order valence-electron chi connectivity index (χ4n) is 2.67. The fraction of sp³-hybridized carbons (Fsp3) is 0.429. The summed E-state index contributed by atoms with van der Waals surface area (Å²) in [4.78, 5) is 15.9. The van der Waals surface area contributed by atoms with Crippen LogP contribution in [0.25, 0.3) is 0 Å². The standard InChI is InChI=1S/C21H30N4O3.HI/c1-17(28-19-10-8-9-18(15-19)27-3)16-24-21(22-2)23-12-5-7-14-25-13-6-4-11-20(25)26;/h4,6,8-11,13,15,17H,5,7,12,14,16H2,1-3H3,(H2,22,23,24);1H. The van der Waals surface area contributed by atoms with Crippen molar-refractivity contribution in [1.29, 1.82) is 0 Å². The van der Waals surface area contributed by atoms with Crippen molar-refractivity contribution in [3.8, 4) is 11.5 Å². The zero-order valence-corrected chi connectivity index (χ0v) is 19.6. The molecule has 0 saturated carbocycles. The number of nitrogens with zero attached hydrogens (tertiary/aromatic N) is 2. The van der Waals surface area contributed by atoms with Crippen LogP contribution >= 0.6 is 24.0 Å². The molecule has 2 aromatic rings. The number of nitrogens with one attached hydrogen (secondary N) is 2. The Labute approximate surface area is 189 Å². The van der Waals surface area contributed by atoms with E-state index in [1.807, 2.05) is 43.5 Å². The molecule has 0 radical (unpaired) electrons. The monoisotopic (exact) mass is 514 g/mol. The van der Waals surface area contributed by atoms with Crippen molar-refractivity contribution < 1.29 is 9.47 Å². The Morgan fingerprint density at radius 2 is 1.93 bits per heavy atom. The van der Waals surface area contributed by atoms with Crippen LogP contribution in [0.5, 0.6) is 11.5 Å². The number of guanidine groups is 1. The van der Waals surface area contributed by atoms with Gasteiger partial charge in [0.25, 0.3) is 0 Å². The van der Waals surface area contributed by atoms with Crippen LogP contribution < -0.4 is 25.7 Å². The number of methoxy groups -OCH3 is 1. The van der Waals surface area contributed by atoms with Crippen molar-refractivity contribution in [2.45, 2.75) is 32.4 Å². The summed E-state index contributed by atoms with van der Waals surface area (Å²) in [6.07, 6.45) is 3.65. The number of ether oxygens (including phenoxy) is 2. The molecule has 0 amide bonds. The molecule has 0 aliphatic rings. The largest absolute Gasteiger partial charge is 0.497 e. The lowest BCUT2D eigenvalue weighted by Crippen LogP contribution is -2.42. The molecule has 0 spiro atoms. The Bertz CT molecular complexity index is 810. The Kier molecular flexibility index (Phi) is 11.9. The van der Waals surface area contributed by atoms with Crippen LogP contribution in [-0.4, -0.2) is 43.9 Å². The molecular formula is C21H31IN4O3. The molecule has 0 aliphatic carbocycles. The number of pyridine rings is 1. The van der Waals surface area contributed by atoms with Gasteiger partial charge in [-0.05, 0) is 38.0 Å². The molecule has 0 fully saturated rings. The van der Waals surface area contributed by atoms with Crippen LogP contribution in [0.1, 0.15) is 19.8 Å². The minimum atomic E-state index is -0.0318. The lowest BCUT2D eigenvalue weighted by Gasteiger charge is -2.18. The van der Waals surface area contributed by atoms with Gasteiger partial charge in [0.15, 0.2) is 5.96 Å². The van der Waals surface area contributed by atoms with E-state index < -0.39 is 0 Å². The molecule has 2 N–H and O–H groups in total. The zero-order valence-electron chi connectivity index (χ0n) is 17.3. The molecule has 1 aromatic carbocycles. The van der Waals surface area contributed by atoms with E-state index >= 15 is 0 Å². The Balaban J connectivity index is 0.00000420. The number of benzene rings is 1. The van der Waals surface area contributed by atoms with Gasteiger partial charge in [-0.2, -0.15) is 0 Å². The van der Waals surface area contributed by atoms with Crippen molar-refractivity contribution in [1.82, 2.24) is 15.2 Å². The molecule has 0 saturated heterocycles. The second kappa shape index (κ2) is 13.9. The quantitative estimate of drug-likeness (QED) is 0.221. The summed E-state index contributed by atoms with van der Waals surface area (Å²) < 4.78 is 12.8. The number of rotatable bonds is 10. The first-order valence-electron chi connectivity index (χ1n) is 9.53. The van der Waals surface area contributed by atoms with Gasteiger partial charge in [0.05, 0.1) is 13.7 Å². The van der Waals surface area contributed by atoms with Gasteiger partial charge in [-0.1, -0.05) is 12.1 Å². The van der Waals surface area contributed by atoms with E-state index in [4.69, 9.17) is 9.47 Å². The zero-order chi connectivity index (χ0) is 20.2. The fourth-order valence-corrected chi connectivity index (χ4v) is 2.67. The van der Waals surface area contributed by atoms with Crippen molar-refractivity contribution in [2.24, 2.45) is 4.99 Å². The molecule has 0 bridgehead atoms. The van der Waals surface area contributed by atoms with Gasteiger partial charge < -0.3 is 24.7 Å². The third kappa shape index (κ3) is 9.21. The maximum absolute atomic E-state index is 11.7. The third-order valence-electron chi connectivity index (χ3n) is 4.18. The average Bonchev–Trinajstić information content (AvgIpc) is 2.71. The lowest BCUT2D eigenvalue weighted by atomic mass is 10.3.